The van der Waals surface area contributed by atoms with E-state index in [4.69, 9.17) is 5.73 Å². The molecule has 80 valence electrons. The van der Waals surface area contributed by atoms with E-state index in [1.54, 1.807) is 18.3 Å². The number of carbonyl (C=O) groups excluding carboxylic acids is 1. The lowest BCUT2D eigenvalue weighted by Crippen LogP contribution is -2.29. The van der Waals surface area contributed by atoms with Crippen LogP contribution in [0.5, 0.6) is 0 Å². The minimum Gasteiger partial charge on any atom is -0.399 e. The van der Waals surface area contributed by atoms with Crippen molar-refractivity contribution in [3.05, 3.63) is 24.0 Å². The number of aromatic nitrogens is 1. The van der Waals surface area contributed by atoms with Gasteiger partial charge in [0, 0.05) is 17.9 Å². The van der Waals surface area contributed by atoms with E-state index in [0.29, 0.717) is 11.4 Å². The second-order valence-corrected chi connectivity index (χ2v) is 4.69. The zero-order valence-electron chi connectivity index (χ0n) is 8.95. The number of nitrogens with zero attached hydrogens (tertiary/aromatic N) is 1. The first-order valence-electron chi connectivity index (χ1n) is 5.01. The summed E-state index contributed by atoms with van der Waals surface area (Å²) >= 11 is 0. The Balaban J connectivity index is 2.03. The molecule has 1 aromatic rings. The van der Waals surface area contributed by atoms with Crippen LogP contribution in [0.15, 0.2) is 18.3 Å². The van der Waals surface area contributed by atoms with Gasteiger partial charge in [0.1, 0.15) is 5.69 Å². The van der Waals surface area contributed by atoms with Gasteiger partial charge in [-0.2, -0.15) is 0 Å². The Hall–Kier alpha value is -1.58. The number of pyridine rings is 1. The fourth-order valence-electron chi connectivity index (χ4n) is 1.52. The molecule has 4 nitrogen and oxygen atoms in total. The lowest BCUT2D eigenvalue weighted by Gasteiger charge is -2.06. The summed E-state index contributed by atoms with van der Waals surface area (Å²) in [6.45, 7) is 4.26. The number of hydrogen-bond donors (Lipinski definition) is 2. The van der Waals surface area contributed by atoms with Gasteiger partial charge in [0.25, 0.3) is 5.91 Å². The average Bonchev–Trinajstić information content (AvgIpc) is 2.73. The summed E-state index contributed by atoms with van der Waals surface area (Å²) in [5.41, 5.74) is 6.76. The van der Waals surface area contributed by atoms with Gasteiger partial charge < -0.3 is 11.1 Å². The van der Waals surface area contributed by atoms with Gasteiger partial charge in [-0.3, -0.25) is 9.78 Å². The van der Waals surface area contributed by atoms with Gasteiger partial charge in [0.05, 0.1) is 0 Å². The molecule has 1 aliphatic carbocycles. The quantitative estimate of drug-likeness (QED) is 0.762. The van der Waals surface area contributed by atoms with Crippen LogP contribution in [0.3, 0.4) is 0 Å². The van der Waals surface area contributed by atoms with Gasteiger partial charge in [0.15, 0.2) is 0 Å². The van der Waals surface area contributed by atoms with Crippen LogP contribution in [0.4, 0.5) is 5.69 Å². The first kappa shape index (κ1) is 9.96. The molecule has 0 aliphatic heterocycles. The largest absolute Gasteiger partial charge is 0.399 e. The molecule has 0 bridgehead atoms. The number of carbonyl (C=O) groups is 1. The maximum atomic E-state index is 11.7. The van der Waals surface area contributed by atoms with Gasteiger partial charge in [-0.15, -0.1) is 0 Å². The number of anilines is 1. The molecule has 4 heteroatoms. The van der Waals surface area contributed by atoms with Crippen molar-refractivity contribution in [2.45, 2.75) is 26.3 Å². The summed E-state index contributed by atoms with van der Waals surface area (Å²) in [6.07, 6.45) is 2.57. The summed E-state index contributed by atoms with van der Waals surface area (Å²) < 4.78 is 0. The summed E-state index contributed by atoms with van der Waals surface area (Å²) in [7, 11) is 0. The highest BCUT2D eigenvalue weighted by Gasteiger charge is 2.46. The molecule has 1 aliphatic rings. The third kappa shape index (κ3) is 2.09. The van der Waals surface area contributed by atoms with E-state index in [9.17, 15) is 4.79 Å². The summed E-state index contributed by atoms with van der Waals surface area (Å²) in [5.74, 6) is -0.141. The Bertz CT molecular complexity index is 401. The van der Waals surface area contributed by atoms with Crippen molar-refractivity contribution in [1.29, 1.82) is 0 Å². The highest BCUT2D eigenvalue weighted by atomic mass is 16.2. The standard InChI is InChI=1S/C11H15N3O/c1-11(2)6-9(11)14-10(15)8-5-7(12)3-4-13-8/h3-5,9H,6H2,1-2H3,(H2,12,13)(H,14,15). The Morgan fingerprint density at radius 3 is 2.87 bits per heavy atom. The number of nitrogens with two attached hydrogens (primary N) is 1. The lowest BCUT2D eigenvalue weighted by atomic mass is 10.2. The zero-order valence-corrected chi connectivity index (χ0v) is 8.95. The molecule has 1 fully saturated rings. The molecule has 2 rings (SSSR count). The predicted octanol–water partition coefficient (Wildman–Crippen LogP) is 1.19. The van der Waals surface area contributed by atoms with E-state index in [0.717, 1.165) is 6.42 Å². The van der Waals surface area contributed by atoms with Crippen LogP contribution in [0, 0.1) is 5.41 Å². The molecule has 1 unspecified atom stereocenters. The second kappa shape index (κ2) is 3.22. The molecule has 0 radical (unpaired) electrons. The van der Waals surface area contributed by atoms with Crippen LogP contribution in [0.2, 0.25) is 0 Å². The number of rotatable bonds is 2. The number of hydrogen-bond acceptors (Lipinski definition) is 3. The van der Waals surface area contributed by atoms with Crippen molar-refractivity contribution in [3.63, 3.8) is 0 Å². The first-order chi connectivity index (χ1) is 6.99. The van der Waals surface area contributed by atoms with Crippen molar-refractivity contribution < 1.29 is 4.79 Å². The molecular formula is C11H15N3O. The van der Waals surface area contributed by atoms with Crippen molar-refractivity contribution >= 4 is 11.6 Å². The molecule has 1 amide bonds. The van der Waals surface area contributed by atoms with Crippen LogP contribution in [-0.2, 0) is 0 Å². The molecule has 1 heterocycles. The molecule has 1 saturated carbocycles. The number of amides is 1. The zero-order chi connectivity index (χ0) is 11.1. The smallest absolute Gasteiger partial charge is 0.270 e. The highest BCUT2D eigenvalue weighted by molar-refractivity contribution is 5.93. The summed E-state index contributed by atoms with van der Waals surface area (Å²) in [5, 5.41) is 2.93. The minimum atomic E-state index is -0.141. The maximum absolute atomic E-state index is 11.7. The van der Waals surface area contributed by atoms with Crippen molar-refractivity contribution in [2.75, 3.05) is 5.73 Å². The van der Waals surface area contributed by atoms with E-state index >= 15 is 0 Å². The van der Waals surface area contributed by atoms with Gasteiger partial charge in [-0.1, -0.05) is 13.8 Å². The average molecular weight is 205 g/mol. The SMILES string of the molecule is CC1(C)CC1NC(=O)c1cc(N)ccn1. The molecule has 0 aromatic carbocycles. The van der Waals surface area contributed by atoms with Crippen molar-refractivity contribution in [2.24, 2.45) is 5.41 Å². The Morgan fingerprint density at radius 1 is 1.67 bits per heavy atom. The number of nitrogens with one attached hydrogen (secondary N) is 1. The molecular weight excluding hydrogens is 190 g/mol. The fraction of sp³-hybridized carbons (Fsp3) is 0.455. The van der Waals surface area contributed by atoms with Crippen LogP contribution < -0.4 is 11.1 Å². The van der Waals surface area contributed by atoms with Gasteiger partial charge in [0.2, 0.25) is 0 Å². The first-order valence-corrected chi connectivity index (χ1v) is 5.01. The van der Waals surface area contributed by atoms with Crippen LogP contribution in [-0.4, -0.2) is 16.9 Å². The number of nitrogen functional groups attached to an aromatic ring is 1. The Morgan fingerprint density at radius 2 is 2.33 bits per heavy atom. The van der Waals surface area contributed by atoms with Crippen LogP contribution in [0.1, 0.15) is 30.8 Å². The Kier molecular flexibility index (Phi) is 2.14. The van der Waals surface area contributed by atoms with E-state index in [-0.39, 0.29) is 17.4 Å². The fourth-order valence-corrected chi connectivity index (χ4v) is 1.52. The second-order valence-electron chi connectivity index (χ2n) is 4.69. The molecule has 15 heavy (non-hydrogen) atoms. The van der Waals surface area contributed by atoms with Crippen LogP contribution >= 0.6 is 0 Å². The van der Waals surface area contributed by atoms with Crippen molar-refractivity contribution in [1.82, 2.24) is 10.3 Å². The van der Waals surface area contributed by atoms with E-state index in [1.807, 2.05) is 0 Å². The lowest BCUT2D eigenvalue weighted by molar-refractivity contribution is 0.0941. The molecule has 1 aromatic heterocycles. The third-order valence-electron chi connectivity index (χ3n) is 2.84. The van der Waals surface area contributed by atoms with E-state index < -0.39 is 0 Å². The highest BCUT2D eigenvalue weighted by Crippen LogP contribution is 2.44. The topological polar surface area (TPSA) is 68.0 Å². The summed E-state index contributed by atoms with van der Waals surface area (Å²) in [6, 6.07) is 3.52. The van der Waals surface area contributed by atoms with Crippen LogP contribution in [0.25, 0.3) is 0 Å². The molecule has 0 spiro atoms. The summed E-state index contributed by atoms with van der Waals surface area (Å²) in [4.78, 5) is 15.7. The minimum absolute atomic E-state index is 0.141. The van der Waals surface area contributed by atoms with Gasteiger partial charge in [-0.25, -0.2) is 0 Å². The van der Waals surface area contributed by atoms with Gasteiger partial charge in [-0.05, 0) is 24.0 Å². The monoisotopic (exact) mass is 205 g/mol. The molecule has 0 saturated heterocycles. The van der Waals surface area contributed by atoms with Gasteiger partial charge >= 0.3 is 0 Å². The van der Waals surface area contributed by atoms with E-state index in [1.165, 1.54) is 0 Å². The molecule has 1 atom stereocenters. The van der Waals surface area contributed by atoms with Crippen molar-refractivity contribution in [3.8, 4) is 0 Å². The third-order valence-corrected chi connectivity index (χ3v) is 2.84. The maximum Gasteiger partial charge on any atom is 0.270 e. The van der Waals surface area contributed by atoms with E-state index in [2.05, 4.69) is 24.1 Å². The predicted molar refractivity (Wildman–Crippen MR) is 58.3 cm³/mol. The molecule has 3 N–H and O–H groups in total. The Labute approximate surface area is 88.9 Å². The normalized spacial score (nSPS) is 22.1.